The van der Waals surface area contributed by atoms with Crippen molar-refractivity contribution in [2.45, 2.75) is 31.9 Å². The van der Waals surface area contributed by atoms with Crippen LogP contribution in [-0.4, -0.2) is 40.6 Å². The molecule has 0 amide bonds. The van der Waals surface area contributed by atoms with Gasteiger partial charge in [0.25, 0.3) is 0 Å². The van der Waals surface area contributed by atoms with Crippen molar-refractivity contribution >= 4 is 0 Å². The molecule has 3 unspecified atom stereocenters. The van der Waals surface area contributed by atoms with E-state index in [1.54, 1.807) is 6.33 Å². The lowest BCUT2D eigenvalue weighted by atomic mass is 9.91. The number of hydrogen-bond acceptors (Lipinski definition) is 4. The molecule has 1 saturated heterocycles. The van der Waals surface area contributed by atoms with Crippen molar-refractivity contribution in [1.82, 2.24) is 20.1 Å². The first-order chi connectivity index (χ1) is 7.72. The maximum Gasteiger partial charge on any atom is 0.138 e. The Kier molecular flexibility index (Phi) is 3.56. The summed E-state index contributed by atoms with van der Waals surface area (Å²) in [5.74, 6) is 1.60. The molecule has 3 atom stereocenters. The molecule has 0 saturated carbocycles. The van der Waals surface area contributed by atoms with Crippen molar-refractivity contribution in [2.24, 2.45) is 13.0 Å². The Hall–Kier alpha value is -0.940. The lowest BCUT2D eigenvalue weighted by Gasteiger charge is -2.24. The zero-order chi connectivity index (χ0) is 11.5. The molecule has 1 fully saturated rings. The minimum atomic E-state index is 0.339. The van der Waals surface area contributed by atoms with E-state index in [1.807, 2.05) is 18.8 Å². The van der Waals surface area contributed by atoms with Crippen LogP contribution >= 0.6 is 0 Å². The van der Waals surface area contributed by atoms with Gasteiger partial charge in [0.1, 0.15) is 12.2 Å². The van der Waals surface area contributed by atoms with Crippen LogP contribution in [0.25, 0.3) is 0 Å². The first-order valence-corrected chi connectivity index (χ1v) is 5.84. The van der Waals surface area contributed by atoms with E-state index in [0.717, 1.165) is 25.3 Å². The summed E-state index contributed by atoms with van der Waals surface area (Å²) in [5, 5.41) is 7.47. The predicted molar refractivity (Wildman–Crippen MR) is 61.1 cm³/mol. The van der Waals surface area contributed by atoms with Crippen LogP contribution in [0.3, 0.4) is 0 Å². The standard InChI is InChI=1S/C11H20N4O/c1-8-9(4-5-16-8)10(12-2)6-11-13-7-14-15(11)3/h7-10,12H,4-6H2,1-3H3. The molecular weight excluding hydrogens is 204 g/mol. The third-order valence-electron chi connectivity index (χ3n) is 3.53. The molecule has 2 rings (SSSR count). The molecule has 1 aromatic heterocycles. The van der Waals surface area contributed by atoms with E-state index in [0.29, 0.717) is 18.1 Å². The fraction of sp³-hybridized carbons (Fsp3) is 0.818. The molecule has 1 N–H and O–H groups in total. The fourth-order valence-electron chi connectivity index (χ4n) is 2.45. The smallest absolute Gasteiger partial charge is 0.138 e. The monoisotopic (exact) mass is 224 g/mol. The van der Waals surface area contributed by atoms with E-state index in [2.05, 4.69) is 22.3 Å². The number of hydrogen-bond donors (Lipinski definition) is 1. The Balaban J connectivity index is 2.03. The first kappa shape index (κ1) is 11.5. The van der Waals surface area contributed by atoms with Gasteiger partial charge in [-0.05, 0) is 20.4 Å². The number of ether oxygens (including phenoxy) is 1. The van der Waals surface area contributed by atoms with Gasteiger partial charge >= 0.3 is 0 Å². The first-order valence-electron chi connectivity index (χ1n) is 5.84. The second-order valence-corrected chi connectivity index (χ2v) is 4.43. The van der Waals surface area contributed by atoms with Crippen LogP contribution in [0.2, 0.25) is 0 Å². The van der Waals surface area contributed by atoms with E-state index < -0.39 is 0 Å². The lowest BCUT2D eigenvalue weighted by Crippen LogP contribution is -2.39. The number of aromatic nitrogens is 3. The van der Waals surface area contributed by atoms with Crippen LogP contribution in [0, 0.1) is 5.92 Å². The molecule has 5 heteroatoms. The maximum absolute atomic E-state index is 5.61. The highest BCUT2D eigenvalue weighted by molar-refractivity contribution is 4.93. The van der Waals surface area contributed by atoms with Gasteiger partial charge in [0, 0.05) is 32.0 Å². The summed E-state index contributed by atoms with van der Waals surface area (Å²) >= 11 is 0. The highest BCUT2D eigenvalue weighted by Gasteiger charge is 2.31. The molecule has 5 nitrogen and oxygen atoms in total. The summed E-state index contributed by atoms with van der Waals surface area (Å²) in [7, 11) is 3.94. The topological polar surface area (TPSA) is 52.0 Å². The Morgan fingerprint density at radius 2 is 2.50 bits per heavy atom. The molecule has 1 aliphatic heterocycles. The molecule has 0 aromatic carbocycles. The predicted octanol–water partition coefficient (Wildman–Crippen LogP) is 0.371. The van der Waals surface area contributed by atoms with Crippen LogP contribution < -0.4 is 5.32 Å². The Labute approximate surface area is 96.2 Å². The van der Waals surface area contributed by atoms with Crippen LogP contribution in [0.15, 0.2) is 6.33 Å². The highest BCUT2D eigenvalue weighted by atomic mass is 16.5. The molecule has 0 aliphatic carbocycles. The van der Waals surface area contributed by atoms with Gasteiger partial charge in [-0.25, -0.2) is 4.98 Å². The van der Waals surface area contributed by atoms with Crippen molar-refractivity contribution < 1.29 is 4.74 Å². The summed E-state index contributed by atoms with van der Waals surface area (Å²) in [6.07, 6.45) is 3.98. The SMILES string of the molecule is CNC(Cc1ncnn1C)C1CCOC1C. The quantitative estimate of drug-likeness (QED) is 0.803. The number of rotatable bonds is 4. The van der Waals surface area contributed by atoms with Gasteiger partial charge in [-0.3, -0.25) is 4.68 Å². The lowest BCUT2D eigenvalue weighted by molar-refractivity contribution is 0.0960. The van der Waals surface area contributed by atoms with Crippen molar-refractivity contribution in [1.29, 1.82) is 0 Å². The van der Waals surface area contributed by atoms with Crippen LogP contribution in [0.1, 0.15) is 19.2 Å². The van der Waals surface area contributed by atoms with Crippen molar-refractivity contribution in [3.05, 3.63) is 12.2 Å². The molecule has 16 heavy (non-hydrogen) atoms. The van der Waals surface area contributed by atoms with Crippen LogP contribution in [-0.2, 0) is 18.2 Å². The van der Waals surface area contributed by atoms with Gasteiger partial charge in [0.2, 0.25) is 0 Å². The molecule has 0 bridgehead atoms. The van der Waals surface area contributed by atoms with E-state index >= 15 is 0 Å². The fourth-order valence-corrected chi connectivity index (χ4v) is 2.45. The Bertz CT molecular complexity index is 338. The average molecular weight is 224 g/mol. The number of likely N-dealkylation sites (N-methyl/N-ethyl adjacent to an activating group) is 1. The molecule has 0 spiro atoms. The molecule has 90 valence electrons. The van der Waals surface area contributed by atoms with E-state index in [4.69, 9.17) is 4.74 Å². The average Bonchev–Trinajstić information content (AvgIpc) is 2.85. The molecular formula is C11H20N4O. The molecule has 1 aliphatic rings. The van der Waals surface area contributed by atoms with E-state index in [1.165, 1.54) is 0 Å². The molecule has 1 aromatic rings. The van der Waals surface area contributed by atoms with E-state index in [-0.39, 0.29) is 0 Å². The second kappa shape index (κ2) is 4.93. The summed E-state index contributed by atoms with van der Waals surface area (Å²) in [5.41, 5.74) is 0. The van der Waals surface area contributed by atoms with Crippen molar-refractivity contribution in [3.63, 3.8) is 0 Å². The van der Waals surface area contributed by atoms with Crippen LogP contribution in [0.5, 0.6) is 0 Å². The second-order valence-electron chi connectivity index (χ2n) is 4.43. The Morgan fingerprint density at radius 1 is 1.69 bits per heavy atom. The molecule has 0 radical (unpaired) electrons. The third kappa shape index (κ3) is 2.25. The number of nitrogens with zero attached hydrogens (tertiary/aromatic N) is 3. The van der Waals surface area contributed by atoms with Gasteiger partial charge in [0.05, 0.1) is 6.10 Å². The van der Waals surface area contributed by atoms with Crippen molar-refractivity contribution in [2.75, 3.05) is 13.7 Å². The number of aryl methyl sites for hydroxylation is 1. The Morgan fingerprint density at radius 3 is 3.00 bits per heavy atom. The normalized spacial score (nSPS) is 27.2. The van der Waals surface area contributed by atoms with Gasteiger partial charge in [0.15, 0.2) is 0 Å². The maximum atomic E-state index is 5.61. The highest BCUT2D eigenvalue weighted by Crippen LogP contribution is 2.25. The van der Waals surface area contributed by atoms with Crippen molar-refractivity contribution in [3.8, 4) is 0 Å². The van der Waals surface area contributed by atoms with E-state index in [9.17, 15) is 0 Å². The summed E-state index contributed by atoms with van der Waals surface area (Å²) < 4.78 is 7.45. The summed E-state index contributed by atoms with van der Waals surface area (Å²) in [6, 6.07) is 0.417. The van der Waals surface area contributed by atoms with Crippen LogP contribution in [0.4, 0.5) is 0 Å². The minimum absolute atomic E-state index is 0.339. The van der Waals surface area contributed by atoms with Gasteiger partial charge in [-0.1, -0.05) is 0 Å². The van der Waals surface area contributed by atoms with Gasteiger partial charge < -0.3 is 10.1 Å². The summed E-state index contributed by atoms with van der Waals surface area (Å²) in [4.78, 5) is 4.27. The molecule has 2 heterocycles. The zero-order valence-corrected chi connectivity index (χ0v) is 10.2. The van der Waals surface area contributed by atoms with Gasteiger partial charge in [-0.2, -0.15) is 5.10 Å². The van der Waals surface area contributed by atoms with Gasteiger partial charge in [-0.15, -0.1) is 0 Å². The number of nitrogens with one attached hydrogen (secondary N) is 1. The minimum Gasteiger partial charge on any atom is -0.378 e. The zero-order valence-electron chi connectivity index (χ0n) is 10.2. The largest absolute Gasteiger partial charge is 0.378 e. The summed E-state index contributed by atoms with van der Waals surface area (Å²) in [6.45, 7) is 3.03. The third-order valence-corrected chi connectivity index (χ3v) is 3.53.